The molecule has 0 radical (unpaired) electrons. The zero-order chi connectivity index (χ0) is 21.8. The SMILES string of the molecule is COc1ccc2cc(CN(C[C@@H]3CCCO3)C(=S)Nc3cccc(Cl)c3)c(=O)[nH]c2c1. The summed E-state index contributed by atoms with van der Waals surface area (Å²) >= 11 is 11.8. The van der Waals surface area contributed by atoms with E-state index in [0.29, 0.717) is 34.5 Å². The number of halogens is 1. The predicted molar refractivity (Wildman–Crippen MR) is 128 cm³/mol. The van der Waals surface area contributed by atoms with Crippen LogP contribution in [0.15, 0.2) is 53.3 Å². The Balaban J connectivity index is 1.59. The van der Waals surface area contributed by atoms with Crippen LogP contribution in [0.3, 0.4) is 0 Å². The fraction of sp³-hybridized carbons (Fsp3) is 0.304. The zero-order valence-electron chi connectivity index (χ0n) is 17.2. The van der Waals surface area contributed by atoms with Crippen LogP contribution in [0.1, 0.15) is 18.4 Å². The molecule has 1 fully saturated rings. The van der Waals surface area contributed by atoms with E-state index in [1.807, 2.05) is 53.4 Å². The summed E-state index contributed by atoms with van der Waals surface area (Å²) in [6, 6.07) is 14.9. The van der Waals surface area contributed by atoms with Gasteiger partial charge in [-0.1, -0.05) is 17.7 Å². The molecule has 2 heterocycles. The average molecular weight is 458 g/mol. The van der Waals surface area contributed by atoms with Gasteiger partial charge in [0.15, 0.2) is 5.11 Å². The molecule has 4 rings (SSSR count). The highest BCUT2D eigenvalue weighted by Gasteiger charge is 2.22. The Bertz CT molecular complexity index is 1140. The van der Waals surface area contributed by atoms with Crippen LogP contribution in [0, 0.1) is 0 Å². The molecule has 1 aliphatic heterocycles. The second kappa shape index (κ2) is 9.68. The Morgan fingerprint density at radius 3 is 2.94 bits per heavy atom. The number of H-pyrrole nitrogens is 1. The van der Waals surface area contributed by atoms with Crippen LogP contribution in [0.2, 0.25) is 5.02 Å². The summed E-state index contributed by atoms with van der Waals surface area (Å²) in [5, 5.41) is 5.31. The van der Waals surface area contributed by atoms with E-state index in [2.05, 4.69) is 10.3 Å². The number of ether oxygens (including phenoxy) is 2. The summed E-state index contributed by atoms with van der Waals surface area (Å²) in [7, 11) is 1.60. The lowest BCUT2D eigenvalue weighted by Gasteiger charge is -2.28. The maximum Gasteiger partial charge on any atom is 0.253 e. The first-order valence-corrected chi connectivity index (χ1v) is 10.9. The lowest BCUT2D eigenvalue weighted by atomic mass is 10.1. The lowest BCUT2D eigenvalue weighted by Crippen LogP contribution is -2.40. The molecule has 3 aromatic rings. The molecule has 6 nitrogen and oxygen atoms in total. The number of methoxy groups -OCH3 is 1. The minimum Gasteiger partial charge on any atom is -0.497 e. The Morgan fingerprint density at radius 1 is 1.32 bits per heavy atom. The summed E-state index contributed by atoms with van der Waals surface area (Å²) < 4.78 is 11.1. The van der Waals surface area contributed by atoms with Gasteiger partial charge in [0.1, 0.15) is 5.75 Å². The summed E-state index contributed by atoms with van der Waals surface area (Å²) in [6.07, 6.45) is 2.10. The third-order valence-corrected chi connectivity index (χ3v) is 5.90. The van der Waals surface area contributed by atoms with E-state index in [-0.39, 0.29) is 11.7 Å². The summed E-state index contributed by atoms with van der Waals surface area (Å²) in [6.45, 7) is 1.72. The van der Waals surface area contributed by atoms with Crippen molar-refractivity contribution in [2.24, 2.45) is 0 Å². The number of anilines is 1. The van der Waals surface area contributed by atoms with Gasteiger partial charge in [0, 0.05) is 35.5 Å². The third-order valence-electron chi connectivity index (χ3n) is 5.30. The second-order valence-electron chi connectivity index (χ2n) is 7.53. The first-order chi connectivity index (χ1) is 15.0. The number of rotatable bonds is 6. The largest absolute Gasteiger partial charge is 0.497 e. The van der Waals surface area contributed by atoms with E-state index in [1.54, 1.807) is 7.11 Å². The topological polar surface area (TPSA) is 66.6 Å². The van der Waals surface area contributed by atoms with Crippen LogP contribution < -0.4 is 15.6 Å². The van der Waals surface area contributed by atoms with Gasteiger partial charge in [-0.05, 0) is 66.8 Å². The Morgan fingerprint density at radius 2 is 2.19 bits per heavy atom. The molecule has 1 atom stereocenters. The molecular formula is C23H24ClN3O3S. The molecule has 0 saturated carbocycles. The lowest BCUT2D eigenvalue weighted by molar-refractivity contribution is 0.0904. The Kier molecular flexibility index (Phi) is 6.75. The van der Waals surface area contributed by atoms with Crippen molar-refractivity contribution in [3.05, 3.63) is 69.5 Å². The smallest absolute Gasteiger partial charge is 0.253 e. The van der Waals surface area contributed by atoms with Crippen LogP contribution in [-0.2, 0) is 11.3 Å². The van der Waals surface area contributed by atoms with Crippen LogP contribution in [0.4, 0.5) is 5.69 Å². The van der Waals surface area contributed by atoms with Gasteiger partial charge in [0.05, 0.1) is 25.3 Å². The van der Waals surface area contributed by atoms with Crippen molar-refractivity contribution in [2.75, 3.05) is 25.6 Å². The minimum atomic E-state index is -0.149. The van der Waals surface area contributed by atoms with Gasteiger partial charge in [-0.2, -0.15) is 0 Å². The first kappa shape index (κ1) is 21.6. The van der Waals surface area contributed by atoms with Crippen molar-refractivity contribution in [1.82, 2.24) is 9.88 Å². The van der Waals surface area contributed by atoms with Gasteiger partial charge in [-0.15, -0.1) is 0 Å². The van der Waals surface area contributed by atoms with E-state index in [1.165, 1.54) is 0 Å². The molecule has 0 amide bonds. The molecule has 0 unspecified atom stereocenters. The molecule has 162 valence electrons. The van der Waals surface area contributed by atoms with Gasteiger partial charge in [0.25, 0.3) is 5.56 Å². The maximum atomic E-state index is 12.8. The van der Waals surface area contributed by atoms with Crippen LogP contribution in [-0.4, -0.2) is 41.4 Å². The number of nitrogens with zero attached hydrogens (tertiary/aromatic N) is 1. The van der Waals surface area contributed by atoms with Crippen molar-refractivity contribution in [2.45, 2.75) is 25.5 Å². The molecule has 2 aromatic carbocycles. The summed E-state index contributed by atoms with van der Waals surface area (Å²) in [5.74, 6) is 0.697. The molecule has 0 aliphatic carbocycles. The second-order valence-corrected chi connectivity index (χ2v) is 8.36. The number of hydrogen-bond donors (Lipinski definition) is 2. The van der Waals surface area contributed by atoms with Crippen LogP contribution in [0.5, 0.6) is 5.75 Å². The molecular weight excluding hydrogens is 434 g/mol. The Hall–Kier alpha value is -2.61. The molecule has 0 bridgehead atoms. The van der Waals surface area contributed by atoms with E-state index >= 15 is 0 Å². The highest BCUT2D eigenvalue weighted by atomic mass is 35.5. The minimum absolute atomic E-state index is 0.0860. The highest BCUT2D eigenvalue weighted by molar-refractivity contribution is 7.80. The number of aromatic amines is 1. The van der Waals surface area contributed by atoms with Crippen molar-refractivity contribution < 1.29 is 9.47 Å². The number of pyridine rings is 1. The van der Waals surface area contributed by atoms with Gasteiger partial charge in [0.2, 0.25) is 0 Å². The third kappa shape index (κ3) is 5.36. The number of thiocarbonyl (C=S) groups is 1. The van der Waals surface area contributed by atoms with Crippen molar-refractivity contribution in [1.29, 1.82) is 0 Å². The first-order valence-electron chi connectivity index (χ1n) is 10.1. The highest BCUT2D eigenvalue weighted by Crippen LogP contribution is 2.21. The number of nitrogens with one attached hydrogen (secondary N) is 2. The molecule has 0 spiro atoms. The molecule has 1 aliphatic rings. The average Bonchev–Trinajstić information content (AvgIpc) is 3.26. The van der Waals surface area contributed by atoms with Crippen molar-refractivity contribution in [3.63, 3.8) is 0 Å². The molecule has 1 aromatic heterocycles. The Labute approximate surface area is 191 Å². The number of hydrogen-bond acceptors (Lipinski definition) is 4. The monoisotopic (exact) mass is 457 g/mol. The van der Waals surface area contributed by atoms with Gasteiger partial charge >= 0.3 is 0 Å². The standard InChI is InChI=1S/C23H24ClN3O3S/c1-29-19-8-7-15-10-16(22(28)26-21(15)12-19)13-27(14-20-6-3-9-30-20)23(31)25-18-5-2-4-17(24)11-18/h2,4-5,7-8,10-12,20H,3,6,9,13-14H2,1H3,(H,25,31)(H,26,28)/t20-/m0/s1. The van der Waals surface area contributed by atoms with E-state index in [0.717, 1.165) is 36.0 Å². The fourth-order valence-corrected chi connectivity index (χ4v) is 4.14. The molecule has 1 saturated heterocycles. The van der Waals surface area contributed by atoms with Gasteiger partial charge in [-0.25, -0.2) is 0 Å². The van der Waals surface area contributed by atoms with E-state index in [9.17, 15) is 4.79 Å². The molecule has 8 heteroatoms. The van der Waals surface area contributed by atoms with Crippen LogP contribution >= 0.6 is 23.8 Å². The zero-order valence-corrected chi connectivity index (χ0v) is 18.8. The maximum absolute atomic E-state index is 12.8. The number of aromatic nitrogens is 1. The van der Waals surface area contributed by atoms with Crippen molar-refractivity contribution >= 4 is 45.5 Å². The summed E-state index contributed by atoms with van der Waals surface area (Å²) in [5.41, 5.74) is 2.02. The number of fused-ring (bicyclic) bond motifs is 1. The summed E-state index contributed by atoms with van der Waals surface area (Å²) in [4.78, 5) is 17.7. The molecule has 2 N–H and O–H groups in total. The van der Waals surface area contributed by atoms with Crippen molar-refractivity contribution in [3.8, 4) is 5.75 Å². The molecule has 31 heavy (non-hydrogen) atoms. The predicted octanol–water partition coefficient (Wildman–Crippen LogP) is 4.57. The van der Waals surface area contributed by atoms with Gasteiger partial charge in [-0.3, -0.25) is 4.79 Å². The van der Waals surface area contributed by atoms with Gasteiger partial charge < -0.3 is 24.7 Å². The number of benzene rings is 2. The normalized spacial score (nSPS) is 15.7. The van der Waals surface area contributed by atoms with E-state index in [4.69, 9.17) is 33.3 Å². The van der Waals surface area contributed by atoms with Crippen LogP contribution in [0.25, 0.3) is 10.9 Å². The quantitative estimate of drug-likeness (QED) is 0.528. The van der Waals surface area contributed by atoms with E-state index < -0.39 is 0 Å². The fourth-order valence-electron chi connectivity index (χ4n) is 3.70.